The van der Waals surface area contributed by atoms with Crippen LogP contribution in [0.4, 0.5) is 0 Å². The van der Waals surface area contributed by atoms with Gasteiger partial charge in [0.15, 0.2) is 0 Å². The van der Waals surface area contributed by atoms with Crippen molar-refractivity contribution in [2.45, 2.75) is 34.6 Å². The van der Waals surface area contributed by atoms with Gasteiger partial charge in [-0.05, 0) is 54.3 Å². The lowest BCUT2D eigenvalue weighted by Gasteiger charge is -2.09. The lowest BCUT2D eigenvalue weighted by Crippen LogP contribution is -1.87. The summed E-state index contributed by atoms with van der Waals surface area (Å²) in [5.41, 5.74) is 5.00. The van der Waals surface area contributed by atoms with Gasteiger partial charge in [0.1, 0.15) is 0 Å². The Hall–Kier alpha value is -1.82. The van der Waals surface area contributed by atoms with E-state index in [-0.39, 0.29) is 0 Å². The Morgan fingerprint density at radius 2 is 1.53 bits per heavy atom. The highest BCUT2D eigenvalue weighted by atomic mass is 14.1. The standard InChI is InChI=1S/C17H18.C2H6/c1-12(2)9-13(3)17-11-16-8-6-5-7-15(16)10-14(17)4;1-2/h5-11H,1H2,2-4H3;1-2H3/b13-9-;. The molecule has 0 fully saturated rings. The van der Waals surface area contributed by atoms with E-state index in [0.717, 1.165) is 5.57 Å². The Labute approximate surface area is 117 Å². The first-order valence-corrected chi connectivity index (χ1v) is 6.91. The molecule has 0 aromatic heterocycles. The summed E-state index contributed by atoms with van der Waals surface area (Å²) in [5, 5.41) is 2.60. The van der Waals surface area contributed by atoms with Gasteiger partial charge in [-0.1, -0.05) is 62.4 Å². The average Bonchev–Trinajstić information content (AvgIpc) is 2.39. The van der Waals surface area contributed by atoms with E-state index in [1.165, 1.54) is 27.5 Å². The molecule has 2 aromatic rings. The zero-order chi connectivity index (χ0) is 14.4. The van der Waals surface area contributed by atoms with Gasteiger partial charge < -0.3 is 0 Å². The maximum Gasteiger partial charge on any atom is -0.0178 e. The zero-order valence-electron chi connectivity index (χ0n) is 12.7. The lowest BCUT2D eigenvalue weighted by atomic mass is 9.96. The van der Waals surface area contributed by atoms with Gasteiger partial charge in [-0.3, -0.25) is 0 Å². The maximum absolute atomic E-state index is 3.94. The zero-order valence-corrected chi connectivity index (χ0v) is 12.7. The van der Waals surface area contributed by atoms with Crippen LogP contribution in [-0.4, -0.2) is 0 Å². The molecular formula is C19H24. The van der Waals surface area contributed by atoms with Crippen molar-refractivity contribution in [1.29, 1.82) is 0 Å². The van der Waals surface area contributed by atoms with Crippen molar-refractivity contribution >= 4 is 16.3 Å². The van der Waals surface area contributed by atoms with E-state index >= 15 is 0 Å². The second kappa shape index (κ2) is 6.94. The SMILES string of the molecule is C=C(C)/C=C(/C)c1cc2ccccc2cc1C.CC. The first-order valence-electron chi connectivity index (χ1n) is 6.91. The van der Waals surface area contributed by atoms with Gasteiger partial charge in [0.2, 0.25) is 0 Å². The van der Waals surface area contributed by atoms with E-state index in [4.69, 9.17) is 0 Å². The van der Waals surface area contributed by atoms with Crippen LogP contribution >= 0.6 is 0 Å². The number of hydrogen-bond acceptors (Lipinski definition) is 0. The third-order valence-electron chi connectivity index (χ3n) is 2.98. The Balaban J connectivity index is 0.000000861. The minimum Gasteiger partial charge on any atom is -0.0961 e. The van der Waals surface area contributed by atoms with Gasteiger partial charge in [-0.25, -0.2) is 0 Å². The summed E-state index contributed by atoms with van der Waals surface area (Å²) in [6.45, 7) is 14.3. The predicted molar refractivity (Wildman–Crippen MR) is 88.5 cm³/mol. The van der Waals surface area contributed by atoms with Crippen molar-refractivity contribution in [3.63, 3.8) is 0 Å². The van der Waals surface area contributed by atoms with Crippen LogP contribution in [0.3, 0.4) is 0 Å². The fourth-order valence-electron chi connectivity index (χ4n) is 2.23. The highest BCUT2D eigenvalue weighted by Gasteiger charge is 2.03. The monoisotopic (exact) mass is 252 g/mol. The molecule has 0 amide bonds. The maximum atomic E-state index is 3.94. The van der Waals surface area contributed by atoms with Crippen LogP contribution in [-0.2, 0) is 0 Å². The van der Waals surface area contributed by atoms with Crippen LogP contribution in [0.15, 0.2) is 54.6 Å². The van der Waals surface area contributed by atoms with Gasteiger partial charge in [0.05, 0.1) is 0 Å². The molecule has 0 saturated carbocycles. The number of hydrogen-bond donors (Lipinski definition) is 0. The molecule has 0 aliphatic rings. The third kappa shape index (κ3) is 3.82. The van der Waals surface area contributed by atoms with Crippen LogP contribution in [0.2, 0.25) is 0 Å². The average molecular weight is 252 g/mol. The van der Waals surface area contributed by atoms with E-state index in [1.54, 1.807) is 0 Å². The molecule has 19 heavy (non-hydrogen) atoms. The highest BCUT2D eigenvalue weighted by molar-refractivity contribution is 5.87. The van der Waals surface area contributed by atoms with Gasteiger partial charge in [-0.15, -0.1) is 0 Å². The largest absolute Gasteiger partial charge is 0.0961 e. The van der Waals surface area contributed by atoms with E-state index in [0.29, 0.717) is 0 Å². The van der Waals surface area contributed by atoms with Crippen LogP contribution in [0, 0.1) is 6.92 Å². The van der Waals surface area contributed by atoms with Crippen molar-refractivity contribution in [2.75, 3.05) is 0 Å². The second-order valence-corrected chi connectivity index (χ2v) is 4.69. The van der Waals surface area contributed by atoms with E-state index < -0.39 is 0 Å². The van der Waals surface area contributed by atoms with Gasteiger partial charge in [0, 0.05) is 0 Å². The highest BCUT2D eigenvalue weighted by Crippen LogP contribution is 2.25. The molecule has 0 N–H and O–H groups in total. The fourth-order valence-corrected chi connectivity index (χ4v) is 2.23. The summed E-state index contributed by atoms with van der Waals surface area (Å²) in [7, 11) is 0. The summed E-state index contributed by atoms with van der Waals surface area (Å²) in [4.78, 5) is 0. The fraction of sp³-hybridized carbons (Fsp3) is 0.263. The molecule has 0 nitrogen and oxygen atoms in total. The van der Waals surface area contributed by atoms with E-state index in [9.17, 15) is 0 Å². The first-order chi connectivity index (χ1) is 9.08. The third-order valence-corrected chi connectivity index (χ3v) is 2.98. The van der Waals surface area contributed by atoms with Gasteiger partial charge in [-0.2, -0.15) is 0 Å². The molecule has 0 radical (unpaired) electrons. The molecule has 0 unspecified atom stereocenters. The van der Waals surface area contributed by atoms with Crippen molar-refractivity contribution in [2.24, 2.45) is 0 Å². The normalized spacial score (nSPS) is 10.9. The molecule has 0 heterocycles. The molecule has 0 bridgehead atoms. The predicted octanol–water partition coefficient (Wildman–Crippen LogP) is 6.15. The molecule has 0 saturated heterocycles. The number of aryl methyl sites for hydroxylation is 1. The minimum atomic E-state index is 1.09. The molecule has 100 valence electrons. The smallest absolute Gasteiger partial charge is 0.0178 e. The number of rotatable bonds is 2. The topological polar surface area (TPSA) is 0 Å². The number of fused-ring (bicyclic) bond motifs is 1. The Morgan fingerprint density at radius 1 is 1.00 bits per heavy atom. The molecule has 2 aromatic carbocycles. The number of benzene rings is 2. The van der Waals surface area contributed by atoms with Crippen molar-refractivity contribution in [3.8, 4) is 0 Å². The first kappa shape index (κ1) is 15.2. The van der Waals surface area contributed by atoms with E-state index in [2.05, 4.69) is 62.9 Å². The van der Waals surface area contributed by atoms with Gasteiger partial charge >= 0.3 is 0 Å². The quantitative estimate of drug-likeness (QED) is 0.562. The van der Waals surface area contributed by atoms with E-state index in [1.807, 2.05) is 20.8 Å². The summed E-state index contributed by atoms with van der Waals surface area (Å²) < 4.78 is 0. The Bertz CT molecular complexity index is 600. The van der Waals surface area contributed by atoms with Crippen LogP contribution in [0.1, 0.15) is 38.8 Å². The summed E-state index contributed by atoms with van der Waals surface area (Å²) >= 11 is 0. The summed E-state index contributed by atoms with van der Waals surface area (Å²) in [5.74, 6) is 0. The lowest BCUT2D eigenvalue weighted by molar-refractivity contribution is 1.42. The van der Waals surface area contributed by atoms with Crippen molar-refractivity contribution < 1.29 is 0 Å². The van der Waals surface area contributed by atoms with Crippen molar-refractivity contribution in [1.82, 2.24) is 0 Å². The molecule has 0 spiro atoms. The molecule has 0 heteroatoms. The Kier molecular flexibility index (Phi) is 5.57. The van der Waals surface area contributed by atoms with Crippen LogP contribution in [0.5, 0.6) is 0 Å². The summed E-state index contributed by atoms with van der Waals surface area (Å²) in [6.07, 6.45) is 2.14. The minimum absolute atomic E-state index is 1.09. The molecule has 2 rings (SSSR count). The van der Waals surface area contributed by atoms with Crippen molar-refractivity contribution in [3.05, 3.63) is 65.8 Å². The molecule has 0 atom stereocenters. The number of allylic oxidation sites excluding steroid dienone is 3. The Morgan fingerprint density at radius 3 is 2.05 bits per heavy atom. The van der Waals surface area contributed by atoms with Crippen LogP contribution < -0.4 is 0 Å². The van der Waals surface area contributed by atoms with Gasteiger partial charge in [0.25, 0.3) is 0 Å². The molecular weight excluding hydrogens is 228 g/mol. The van der Waals surface area contributed by atoms with Crippen LogP contribution in [0.25, 0.3) is 16.3 Å². The second-order valence-electron chi connectivity index (χ2n) is 4.69. The summed E-state index contributed by atoms with van der Waals surface area (Å²) in [6, 6.07) is 13.0. The molecule has 0 aliphatic heterocycles. The molecule has 0 aliphatic carbocycles.